The molecule has 4 unspecified atom stereocenters. The molecule has 0 aliphatic carbocycles. The fraction of sp³-hybridized carbons (Fsp3) is 0.929. The third-order valence-corrected chi connectivity index (χ3v) is 5.62. The van der Waals surface area contributed by atoms with E-state index in [1.54, 1.807) is 0 Å². The third-order valence-electron chi connectivity index (χ3n) is 4.39. The first-order valence-electron chi connectivity index (χ1n) is 7.69. The summed E-state index contributed by atoms with van der Waals surface area (Å²) in [6.45, 7) is 3.38. The van der Waals surface area contributed by atoms with Gasteiger partial charge in [0.25, 0.3) is 0 Å². The van der Waals surface area contributed by atoms with Gasteiger partial charge in [0.15, 0.2) is 5.96 Å². The number of aliphatic imine (C=N–C) groups is 1. The molecule has 0 spiro atoms. The average Bonchev–Trinajstić information content (AvgIpc) is 3.13. The number of halogens is 1. The molecule has 0 aromatic heterocycles. The molecular weight excluding hydrogens is 401 g/mol. The van der Waals surface area contributed by atoms with Crippen molar-refractivity contribution in [3.63, 3.8) is 0 Å². The summed E-state index contributed by atoms with van der Waals surface area (Å²) >= 11 is 1.81. The Morgan fingerprint density at radius 3 is 2.90 bits per heavy atom. The Morgan fingerprint density at radius 1 is 1.48 bits per heavy atom. The molecule has 3 N–H and O–H groups in total. The van der Waals surface area contributed by atoms with Crippen molar-refractivity contribution >= 4 is 41.7 Å². The van der Waals surface area contributed by atoms with E-state index in [-0.39, 0.29) is 24.0 Å². The summed E-state index contributed by atoms with van der Waals surface area (Å²) < 4.78 is 5.86. The van der Waals surface area contributed by atoms with Crippen molar-refractivity contribution < 1.29 is 9.84 Å². The van der Waals surface area contributed by atoms with Gasteiger partial charge in [-0.2, -0.15) is 11.8 Å². The maximum absolute atomic E-state index is 10.4. The van der Waals surface area contributed by atoms with Gasteiger partial charge in [-0.25, -0.2) is 0 Å². The maximum Gasteiger partial charge on any atom is 0.191 e. The molecule has 0 radical (unpaired) electrons. The minimum Gasteiger partial charge on any atom is -0.387 e. The highest BCUT2D eigenvalue weighted by molar-refractivity contribution is 14.0. The number of guanidine groups is 1. The summed E-state index contributed by atoms with van der Waals surface area (Å²) in [6, 6.07) is 0.374. The number of thioether (sulfide) groups is 1. The SMILES string of the molecule is CCNC(=NCC1(O)CCSC1)NC1CC2CCC1O2.I. The number of aliphatic hydroxyl groups is 1. The highest BCUT2D eigenvalue weighted by atomic mass is 127. The van der Waals surface area contributed by atoms with Crippen molar-refractivity contribution in [2.75, 3.05) is 24.6 Å². The molecule has 3 rings (SSSR count). The number of rotatable bonds is 4. The van der Waals surface area contributed by atoms with Crippen LogP contribution in [0, 0.1) is 0 Å². The first kappa shape index (κ1) is 17.6. The van der Waals surface area contributed by atoms with E-state index in [0.29, 0.717) is 24.8 Å². The van der Waals surface area contributed by atoms with Crippen molar-refractivity contribution in [2.45, 2.75) is 56.5 Å². The average molecular weight is 427 g/mol. The zero-order valence-electron chi connectivity index (χ0n) is 12.5. The lowest BCUT2D eigenvalue weighted by atomic mass is 9.96. The van der Waals surface area contributed by atoms with Gasteiger partial charge in [-0.3, -0.25) is 4.99 Å². The van der Waals surface area contributed by atoms with Crippen molar-refractivity contribution in [3.8, 4) is 0 Å². The van der Waals surface area contributed by atoms with Crippen LogP contribution in [-0.4, -0.2) is 59.5 Å². The largest absolute Gasteiger partial charge is 0.387 e. The van der Waals surface area contributed by atoms with Crippen LogP contribution in [0.4, 0.5) is 0 Å². The van der Waals surface area contributed by atoms with Crippen molar-refractivity contribution in [1.29, 1.82) is 0 Å². The number of hydrogen-bond donors (Lipinski definition) is 3. The molecule has 3 saturated heterocycles. The number of nitrogens with zero attached hydrogens (tertiary/aromatic N) is 1. The fourth-order valence-electron chi connectivity index (χ4n) is 3.23. The van der Waals surface area contributed by atoms with Crippen LogP contribution < -0.4 is 10.6 Å². The molecule has 3 fully saturated rings. The van der Waals surface area contributed by atoms with E-state index >= 15 is 0 Å². The van der Waals surface area contributed by atoms with Crippen LogP contribution in [0.2, 0.25) is 0 Å². The van der Waals surface area contributed by atoms with E-state index in [4.69, 9.17) is 4.74 Å². The van der Waals surface area contributed by atoms with Crippen LogP contribution in [0.1, 0.15) is 32.6 Å². The second kappa shape index (κ2) is 7.70. The van der Waals surface area contributed by atoms with Crippen LogP contribution in [0.3, 0.4) is 0 Å². The van der Waals surface area contributed by atoms with Crippen molar-refractivity contribution in [1.82, 2.24) is 10.6 Å². The second-order valence-corrected chi connectivity index (χ2v) is 7.19. The van der Waals surface area contributed by atoms with Gasteiger partial charge in [-0.05, 0) is 38.4 Å². The van der Waals surface area contributed by atoms with Gasteiger partial charge in [0.05, 0.1) is 30.4 Å². The normalized spacial score (nSPS) is 38.4. The predicted octanol–water partition coefficient (Wildman–Crippen LogP) is 1.35. The zero-order chi connectivity index (χ0) is 14.0. The molecule has 7 heteroatoms. The lowest BCUT2D eigenvalue weighted by Gasteiger charge is -2.24. The quantitative estimate of drug-likeness (QED) is 0.359. The molecule has 2 bridgehead atoms. The molecule has 0 aromatic rings. The summed E-state index contributed by atoms with van der Waals surface area (Å²) in [5.74, 6) is 2.66. The summed E-state index contributed by atoms with van der Waals surface area (Å²) in [6.07, 6.45) is 5.06. The number of ether oxygens (including phenoxy) is 1. The Labute approximate surface area is 148 Å². The Bertz CT molecular complexity index is 377. The molecule has 0 amide bonds. The smallest absolute Gasteiger partial charge is 0.191 e. The molecule has 0 aromatic carbocycles. The standard InChI is InChI=1S/C14H25N3O2S.HI/c1-2-15-13(16-8-14(18)5-6-20-9-14)17-11-7-10-3-4-12(11)19-10;/h10-12,18H,2-9H2,1H3,(H2,15,16,17);1H. The monoisotopic (exact) mass is 427 g/mol. The lowest BCUT2D eigenvalue weighted by molar-refractivity contribution is 0.0777. The van der Waals surface area contributed by atoms with Crippen LogP contribution in [-0.2, 0) is 4.74 Å². The van der Waals surface area contributed by atoms with Crippen molar-refractivity contribution in [3.05, 3.63) is 0 Å². The maximum atomic E-state index is 10.4. The summed E-state index contributed by atoms with van der Waals surface area (Å²) in [4.78, 5) is 4.59. The molecule has 3 heterocycles. The van der Waals surface area contributed by atoms with Gasteiger partial charge in [-0.1, -0.05) is 0 Å². The van der Waals surface area contributed by atoms with Crippen LogP contribution in [0.15, 0.2) is 4.99 Å². The molecule has 0 saturated carbocycles. The van der Waals surface area contributed by atoms with E-state index in [2.05, 4.69) is 22.5 Å². The van der Waals surface area contributed by atoms with Gasteiger partial charge >= 0.3 is 0 Å². The molecular formula is C14H26IN3O2S. The minimum absolute atomic E-state index is 0. The van der Waals surface area contributed by atoms with Gasteiger partial charge in [0, 0.05) is 12.3 Å². The Kier molecular flexibility index (Phi) is 6.46. The second-order valence-electron chi connectivity index (χ2n) is 6.08. The Hall–Kier alpha value is 0.270. The number of hydrogen-bond acceptors (Lipinski definition) is 4. The minimum atomic E-state index is -0.613. The lowest BCUT2D eigenvalue weighted by Crippen LogP contribution is -2.48. The number of fused-ring (bicyclic) bond motifs is 2. The molecule has 21 heavy (non-hydrogen) atoms. The van der Waals surface area contributed by atoms with E-state index in [1.165, 1.54) is 6.42 Å². The van der Waals surface area contributed by atoms with Gasteiger partial charge < -0.3 is 20.5 Å². The van der Waals surface area contributed by atoms with Gasteiger partial charge in [0.1, 0.15) is 0 Å². The van der Waals surface area contributed by atoms with Crippen molar-refractivity contribution in [2.24, 2.45) is 4.99 Å². The zero-order valence-corrected chi connectivity index (χ0v) is 15.7. The fourth-order valence-corrected chi connectivity index (χ4v) is 4.52. The first-order valence-corrected chi connectivity index (χ1v) is 8.84. The van der Waals surface area contributed by atoms with Crippen LogP contribution in [0.25, 0.3) is 0 Å². The molecule has 3 aliphatic rings. The van der Waals surface area contributed by atoms with Gasteiger partial charge in [0.2, 0.25) is 0 Å². The molecule has 5 nitrogen and oxygen atoms in total. The van der Waals surface area contributed by atoms with E-state index < -0.39 is 5.60 Å². The first-order chi connectivity index (χ1) is 9.68. The number of nitrogens with one attached hydrogen (secondary N) is 2. The Balaban J connectivity index is 0.00000161. The topological polar surface area (TPSA) is 65.9 Å². The molecule has 3 aliphatic heterocycles. The van der Waals surface area contributed by atoms with Gasteiger partial charge in [-0.15, -0.1) is 24.0 Å². The molecule has 122 valence electrons. The predicted molar refractivity (Wildman–Crippen MR) is 97.7 cm³/mol. The highest BCUT2D eigenvalue weighted by Crippen LogP contribution is 2.34. The third kappa shape index (κ3) is 4.39. The van der Waals surface area contributed by atoms with Crippen LogP contribution >= 0.6 is 35.7 Å². The highest BCUT2D eigenvalue weighted by Gasteiger charge is 2.41. The van der Waals surface area contributed by atoms with E-state index in [1.807, 2.05) is 11.8 Å². The summed E-state index contributed by atoms with van der Waals surface area (Å²) in [7, 11) is 0. The van der Waals surface area contributed by atoms with E-state index in [0.717, 1.165) is 43.3 Å². The molecule has 4 atom stereocenters. The summed E-state index contributed by atoms with van der Waals surface area (Å²) in [5, 5.41) is 17.1. The Morgan fingerprint density at radius 2 is 2.33 bits per heavy atom. The summed E-state index contributed by atoms with van der Waals surface area (Å²) in [5.41, 5.74) is -0.613. The van der Waals surface area contributed by atoms with E-state index in [9.17, 15) is 5.11 Å². The van der Waals surface area contributed by atoms with Crippen LogP contribution in [0.5, 0.6) is 0 Å².